The van der Waals surface area contributed by atoms with Crippen LogP contribution in [0.4, 0.5) is 0 Å². The molecule has 96 valence electrons. The number of fused-ring (bicyclic) bond motifs is 1. The van der Waals surface area contributed by atoms with Gasteiger partial charge in [0.05, 0.1) is 6.04 Å². The maximum Gasteiger partial charge on any atom is 0.159 e. The predicted octanol–water partition coefficient (Wildman–Crippen LogP) is 0.222. The number of sulfone groups is 1. The van der Waals surface area contributed by atoms with E-state index in [1.54, 1.807) is 13.8 Å². The van der Waals surface area contributed by atoms with Crippen LogP contribution >= 0.6 is 0 Å². The van der Waals surface area contributed by atoms with Crippen LogP contribution in [0.2, 0.25) is 0 Å². The van der Waals surface area contributed by atoms with Crippen molar-refractivity contribution in [2.24, 2.45) is 0 Å². The summed E-state index contributed by atoms with van der Waals surface area (Å²) in [5.74, 6) is 1.34. The zero-order valence-corrected chi connectivity index (χ0v) is 11.4. The van der Waals surface area contributed by atoms with Gasteiger partial charge in [-0.25, -0.2) is 8.42 Å². The van der Waals surface area contributed by atoms with Crippen LogP contribution in [-0.4, -0.2) is 36.0 Å². The maximum absolute atomic E-state index is 11.8. The minimum atomic E-state index is -3.22. The van der Waals surface area contributed by atoms with Crippen LogP contribution in [0.1, 0.15) is 38.5 Å². The van der Waals surface area contributed by atoms with E-state index in [-0.39, 0.29) is 6.04 Å². The number of nitrogens with one attached hydrogen (secondary N) is 1. The first kappa shape index (κ1) is 12.5. The van der Waals surface area contributed by atoms with Gasteiger partial charge in [0, 0.05) is 19.3 Å². The van der Waals surface area contributed by atoms with Gasteiger partial charge >= 0.3 is 0 Å². The molecular weight excluding hydrogens is 240 g/mol. The Morgan fingerprint density at radius 2 is 2.06 bits per heavy atom. The number of nitrogens with zero attached hydrogens (tertiary/aromatic N) is 3. The fourth-order valence-corrected chi connectivity index (χ4v) is 2.43. The SMILES string of the molecule is CC1NCCn2c1nnc2C(C)(C)S(C)(=O)=O. The smallest absolute Gasteiger partial charge is 0.159 e. The molecule has 2 rings (SSSR count). The molecule has 1 aromatic heterocycles. The lowest BCUT2D eigenvalue weighted by Gasteiger charge is -2.27. The second kappa shape index (κ2) is 3.78. The van der Waals surface area contributed by atoms with Gasteiger partial charge in [0.25, 0.3) is 0 Å². The Hall–Kier alpha value is -0.950. The summed E-state index contributed by atoms with van der Waals surface area (Å²) < 4.78 is 24.6. The molecule has 1 aliphatic heterocycles. The van der Waals surface area contributed by atoms with Crippen LogP contribution in [-0.2, 0) is 21.1 Å². The summed E-state index contributed by atoms with van der Waals surface area (Å²) in [6.07, 6.45) is 1.24. The van der Waals surface area contributed by atoms with Crippen molar-refractivity contribution in [1.29, 1.82) is 0 Å². The molecule has 0 spiro atoms. The Kier molecular flexibility index (Phi) is 2.78. The number of rotatable bonds is 2. The number of hydrogen-bond acceptors (Lipinski definition) is 5. The van der Waals surface area contributed by atoms with Crippen LogP contribution in [0.3, 0.4) is 0 Å². The van der Waals surface area contributed by atoms with Crippen LogP contribution in [0.5, 0.6) is 0 Å². The standard InChI is InChI=1S/C10H18N4O2S/c1-7-8-12-13-9(14(8)6-5-11-7)10(2,3)17(4,15)16/h7,11H,5-6H2,1-4H3. The van der Waals surface area contributed by atoms with E-state index in [1.165, 1.54) is 6.26 Å². The van der Waals surface area contributed by atoms with E-state index < -0.39 is 14.6 Å². The molecule has 7 heteroatoms. The van der Waals surface area contributed by atoms with Crippen molar-refractivity contribution in [3.05, 3.63) is 11.6 Å². The Bertz CT molecular complexity index is 533. The molecular formula is C10H18N4O2S. The fourth-order valence-electron chi connectivity index (χ4n) is 1.95. The first-order valence-corrected chi connectivity index (χ1v) is 7.51. The third-order valence-electron chi connectivity index (χ3n) is 3.42. The average Bonchev–Trinajstić information content (AvgIpc) is 2.61. The molecule has 0 aliphatic carbocycles. The lowest BCUT2D eigenvalue weighted by Crippen LogP contribution is -2.37. The third-order valence-corrected chi connectivity index (χ3v) is 5.45. The Morgan fingerprint density at radius 3 is 2.65 bits per heavy atom. The van der Waals surface area contributed by atoms with E-state index in [1.807, 2.05) is 11.5 Å². The summed E-state index contributed by atoms with van der Waals surface area (Å²) in [5.41, 5.74) is 0. The lowest BCUT2D eigenvalue weighted by atomic mass is 10.1. The molecule has 1 N–H and O–H groups in total. The molecule has 0 aromatic carbocycles. The van der Waals surface area contributed by atoms with Crippen molar-refractivity contribution in [1.82, 2.24) is 20.1 Å². The molecule has 1 aliphatic rings. The lowest BCUT2D eigenvalue weighted by molar-refractivity contribution is 0.419. The highest BCUT2D eigenvalue weighted by atomic mass is 32.2. The zero-order chi connectivity index (χ0) is 12.8. The number of aromatic nitrogens is 3. The highest BCUT2D eigenvalue weighted by Gasteiger charge is 2.39. The number of hydrogen-bond donors (Lipinski definition) is 1. The zero-order valence-electron chi connectivity index (χ0n) is 10.6. The van der Waals surface area contributed by atoms with Crippen LogP contribution in [0.15, 0.2) is 0 Å². The largest absolute Gasteiger partial charge is 0.311 e. The molecule has 0 fully saturated rings. The summed E-state index contributed by atoms with van der Waals surface area (Å²) in [4.78, 5) is 0. The van der Waals surface area contributed by atoms with E-state index in [4.69, 9.17) is 0 Å². The minimum Gasteiger partial charge on any atom is -0.311 e. The Balaban J connectivity index is 2.56. The van der Waals surface area contributed by atoms with Gasteiger partial charge in [-0.3, -0.25) is 0 Å². The summed E-state index contributed by atoms with van der Waals surface area (Å²) in [5, 5.41) is 11.5. The molecule has 0 saturated heterocycles. The van der Waals surface area contributed by atoms with Crippen LogP contribution in [0, 0.1) is 0 Å². The predicted molar refractivity (Wildman–Crippen MR) is 64.3 cm³/mol. The van der Waals surface area contributed by atoms with Gasteiger partial charge in [0.1, 0.15) is 10.6 Å². The van der Waals surface area contributed by atoms with Crippen LogP contribution < -0.4 is 5.32 Å². The van der Waals surface area contributed by atoms with E-state index in [0.717, 1.165) is 12.4 Å². The van der Waals surface area contributed by atoms with Gasteiger partial charge < -0.3 is 9.88 Å². The Morgan fingerprint density at radius 1 is 1.41 bits per heavy atom. The molecule has 0 saturated carbocycles. The van der Waals surface area contributed by atoms with Crippen molar-refractivity contribution in [3.63, 3.8) is 0 Å². The van der Waals surface area contributed by atoms with Crippen molar-refractivity contribution in [2.45, 2.75) is 38.1 Å². The van der Waals surface area contributed by atoms with Gasteiger partial charge in [0.15, 0.2) is 15.7 Å². The molecule has 6 nitrogen and oxygen atoms in total. The monoisotopic (exact) mass is 258 g/mol. The average molecular weight is 258 g/mol. The van der Waals surface area contributed by atoms with Gasteiger partial charge in [-0.2, -0.15) is 0 Å². The molecule has 1 unspecified atom stereocenters. The Labute approximate surface area is 101 Å². The topological polar surface area (TPSA) is 76.9 Å². The van der Waals surface area contributed by atoms with Crippen molar-refractivity contribution in [3.8, 4) is 0 Å². The minimum absolute atomic E-state index is 0.111. The van der Waals surface area contributed by atoms with Gasteiger partial charge in [0.2, 0.25) is 0 Å². The highest BCUT2D eigenvalue weighted by Crippen LogP contribution is 2.29. The van der Waals surface area contributed by atoms with E-state index >= 15 is 0 Å². The second-order valence-electron chi connectivity index (χ2n) is 4.99. The van der Waals surface area contributed by atoms with Gasteiger partial charge in [-0.05, 0) is 20.8 Å². The molecule has 1 atom stereocenters. The van der Waals surface area contributed by atoms with E-state index in [2.05, 4.69) is 15.5 Å². The maximum atomic E-state index is 11.8. The van der Waals surface area contributed by atoms with Gasteiger partial charge in [-0.1, -0.05) is 0 Å². The highest BCUT2D eigenvalue weighted by molar-refractivity contribution is 7.91. The summed E-state index contributed by atoms with van der Waals surface area (Å²) in [6, 6.07) is 0.111. The van der Waals surface area contributed by atoms with Crippen molar-refractivity contribution >= 4 is 9.84 Å². The molecule has 1 aromatic rings. The normalized spacial score (nSPS) is 21.3. The second-order valence-corrected chi connectivity index (χ2v) is 7.56. The molecule has 0 bridgehead atoms. The molecule has 0 amide bonds. The van der Waals surface area contributed by atoms with Crippen molar-refractivity contribution < 1.29 is 8.42 Å². The summed E-state index contributed by atoms with van der Waals surface area (Å²) in [7, 11) is -3.22. The third kappa shape index (κ3) is 1.87. The first-order chi connectivity index (χ1) is 7.75. The van der Waals surface area contributed by atoms with Crippen molar-refractivity contribution in [2.75, 3.05) is 12.8 Å². The van der Waals surface area contributed by atoms with Gasteiger partial charge in [-0.15, -0.1) is 10.2 Å². The molecule has 0 radical (unpaired) electrons. The van der Waals surface area contributed by atoms with Crippen LogP contribution in [0.25, 0.3) is 0 Å². The molecule has 17 heavy (non-hydrogen) atoms. The first-order valence-electron chi connectivity index (χ1n) is 5.61. The van der Waals surface area contributed by atoms with E-state index in [9.17, 15) is 8.42 Å². The molecule has 2 heterocycles. The van der Waals surface area contributed by atoms with E-state index in [0.29, 0.717) is 12.4 Å². The summed E-state index contributed by atoms with van der Waals surface area (Å²) in [6.45, 7) is 6.86. The fraction of sp³-hybridized carbons (Fsp3) is 0.800. The quantitative estimate of drug-likeness (QED) is 0.821. The summed E-state index contributed by atoms with van der Waals surface area (Å²) >= 11 is 0.